The van der Waals surface area contributed by atoms with Gasteiger partial charge < -0.3 is 5.11 Å². The number of hydrogen-bond donors (Lipinski definition) is 1. The van der Waals surface area contributed by atoms with Gasteiger partial charge in [0.25, 0.3) is 0 Å². The van der Waals surface area contributed by atoms with Crippen LogP contribution in [0.2, 0.25) is 5.02 Å². The van der Waals surface area contributed by atoms with Gasteiger partial charge in [-0.25, -0.2) is 0 Å². The summed E-state index contributed by atoms with van der Waals surface area (Å²) < 4.78 is 0. The maximum atomic E-state index is 9.90. The van der Waals surface area contributed by atoms with Crippen molar-refractivity contribution in [3.05, 3.63) is 34.9 Å². The lowest BCUT2D eigenvalue weighted by Gasteiger charge is -2.27. The fourth-order valence-corrected chi connectivity index (χ4v) is 2.33. The molecule has 0 spiro atoms. The lowest BCUT2D eigenvalue weighted by molar-refractivity contribution is 0.118. The zero-order valence-electron chi connectivity index (χ0n) is 8.82. The Kier molecular flexibility index (Phi) is 3.66. The monoisotopic (exact) mass is 224 g/mol. The van der Waals surface area contributed by atoms with Crippen LogP contribution in [0.5, 0.6) is 0 Å². The first-order valence-corrected chi connectivity index (χ1v) is 6.05. The molecule has 0 amide bonds. The van der Waals surface area contributed by atoms with Crippen molar-refractivity contribution in [2.75, 3.05) is 0 Å². The molecule has 1 aromatic rings. The van der Waals surface area contributed by atoms with Gasteiger partial charge in [-0.05, 0) is 30.4 Å². The second-order valence-electron chi connectivity index (χ2n) is 4.48. The largest absolute Gasteiger partial charge is 0.393 e. The number of rotatable bonds is 4. The SMILES string of the molecule is OC(Cc1ccccc1Cl)CC1CCC1. The average molecular weight is 225 g/mol. The predicted molar refractivity (Wildman–Crippen MR) is 63.1 cm³/mol. The highest BCUT2D eigenvalue weighted by Crippen LogP contribution is 2.31. The van der Waals surface area contributed by atoms with E-state index in [1.54, 1.807) is 0 Å². The summed E-state index contributed by atoms with van der Waals surface area (Å²) in [7, 11) is 0. The molecule has 1 saturated carbocycles. The minimum absolute atomic E-state index is 0.227. The fourth-order valence-electron chi connectivity index (χ4n) is 2.11. The molecule has 82 valence electrons. The Bertz CT molecular complexity index is 320. The van der Waals surface area contributed by atoms with Gasteiger partial charge in [-0.3, -0.25) is 0 Å². The minimum Gasteiger partial charge on any atom is -0.393 e. The molecule has 1 atom stereocenters. The number of halogens is 1. The van der Waals surface area contributed by atoms with Crippen molar-refractivity contribution >= 4 is 11.6 Å². The van der Waals surface area contributed by atoms with Crippen molar-refractivity contribution in [1.29, 1.82) is 0 Å². The Balaban J connectivity index is 1.87. The van der Waals surface area contributed by atoms with Crippen LogP contribution in [0.1, 0.15) is 31.2 Å². The van der Waals surface area contributed by atoms with Crippen LogP contribution in [0.3, 0.4) is 0 Å². The van der Waals surface area contributed by atoms with Gasteiger partial charge in [0.1, 0.15) is 0 Å². The van der Waals surface area contributed by atoms with Gasteiger partial charge in [0.15, 0.2) is 0 Å². The third kappa shape index (κ3) is 2.96. The first-order valence-electron chi connectivity index (χ1n) is 5.67. The molecule has 15 heavy (non-hydrogen) atoms. The van der Waals surface area contributed by atoms with Crippen LogP contribution in [0.4, 0.5) is 0 Å². The molecule has 0 bridgehead atoms. The van der Waals surface area contributed by atoms with Crippen molar-refractivity contribution in [2.24, 2.45) is 5.92 Å². The van der Waals surface area contributed by atoms with Gasteiger partial charge in [0.05, 0.1) is 6.10 Å². The van der Waals surface area contributed by atoms with E-state index in [0.717, 1.165) is 22.9 Å². The van der Waals surface area contributed by atoms with Crippen LogP contribution < -0.4 is 0 Å². The molecule has 1 aliphatic carbocycles. The zero-order chi connectivity index (χ0) is 10.7. The van der Waals surface area contributed by atoms with Crippen LogP contribution in [0.25, 0.3) is 0 Å². The summed E-state index contributed by atoms with van der Waals surface area (Å²) in [5, 5.41) is 10.7. The van der Waals surface area contributed by atoms with Gasteiger partial charge in [-0.1, -0.05) is 49.1 Å². The average Bonchev–Trinajstić information content (AvgIpc) is 2.16. The third-order valence-electron chi connectivity index (χ3n) is 3.24. The molecule has 0 saturated heterocycles. The molecule has 0 aromatic heterocycles. The van der Waals surface area contributed by atoms with E-state index < -0.39 is 0 Å². The van der Waals surface area contributed by atoms with Crippen molar-refractivity contribution in [3.8, 4) is 0 Å². The van der Waals surface area contributed by atoms with Crippen LogP contribution >= 0.6 is 11.6 Å². The smallest absolute Gasteiger partial charge is 0.0583 e. The first-order chi connectivity index (χ1) is 7.25. The minimum atomic E-state index is -0.227. The highest BCUT2D eigenvalue weighted by atomic mass is 35.5. The van der Waals surface area contributed by atoms with Gasteiger partial charge in [-0.15, -0.1) is 0 Å². The van der Waals surface area contributed by atoms with E-state index in [1.807, 2.05) is 24.3 Å². The highest BCUT2D eigenvalue weighted by molar-refractivity contribution is 6.31. The second-order valence-corrected chi connectivity index (χ2v) is 4.89. The van der Waals surface area contributed by atoms with Crippen molar-refractivity contribution in [1.82, 2.24) is 0 Å². The van der Waals surface area contributed by atoms with E-state index >= 15 is 0 Å². The summed E-state index contributed by atoms with van der Waals surface area (Å²) in [6, 6.07) is 7.76. The molecule has 1 fully saturated rings. The standard InChI is InChI=1S/C13H17ClO/c14-13-7-2-1-6-11(13)9-12(15)8-10-4-3-5-10/h1-2,6-7,10,12,15H,3-5,8-9H2. The summed E-state index contributed by atoms with van der Waals surface area (Å²) in [4.78, 5) is 0. The normalized spacial score (nSPS) is 18.5. The van der Waals surface area contributed by atoms with Gasteiger partial charge in [0.2, 0.25) is 0 Å². The molecule has 1 nitrogen and oxygen atoms in total. The topological polar surface area (TPSA) is 20.2 Å². The molecular weight excluding hydrogens is 208 g/mol. The zero-order valence-corrected chi connectivity index (χ0v) is 9.58. The van der Waals surface area contributed by atoms with E-state index in [9.17, 15) is 5.11 Å². The molecule has 1 unspecified atom stereocenters. The number of hydrogen-bond acceptors (Lipinski definition) is 1. The van der Waals surface area contributed by atoms with Gasteiger partial charge in [-0.2, -0.15) is 0 Å². The van der Waals surface area contributed by atoms with E-state index in [0.29, 0.717) is 6.42 Å². The Morgan fingerprint density at radius 3 is 2.67 bits per heavy atom. The van der Waals surface area contributed by atoms with E-state index in [1.165, 1.54) is 19.3 Å². The lowest BCUT2D eigenvalue weighted by atomic mass is 9.80. The Hall–Kier alpha value is -0.530. The van der Waals surface area contributed by atoms with Crippen molar-refractivity contribution in [3.63, 3.8) is 0 Å². The van der Waals surface area contributed by atoms with Crippen molar-refractivity contribution < 1.29 is 5.11 Å². The molecule has 2 rings (SSSR count). The lowest BCUT2D eigenvalue weighted by Crippen LogP contribution is -2.21. The Morgan fingerprint density at radius 2 is 2.07 bits per heavy atom. The fraction of sp³-hybridized carbons (Fsp3) is 0.538. The van der Waals surface area contributed by atoms with E-state index in [-0.39, 0.29) is 6.10 Å². The van der Waals surface area contributed by atoms with Crippen LogP contribution in [-0.4, -0.2) is 11.2 Å². The summed E-state index contributed by atoms with van der Waals surface area (Å²) >= 11 is 6.04. The molecule has 0 heterocycles. The summed E-state index contributed by atoms with van der Waals surface area (Å²) in [6.07, 6.45) is 5.32. The summed E-state index contributed by atoms with van der Waals surface area (Å²) in [5.74, 6) is 0.752. The van der Waals surface area contributed by atoms with Crippen LogP contribution in [-0.2, 0) is 6.42 Å². The maximum Gasteiger partial charge on any atom is 0.0583 e. The summed E-state index contributed by atoms with van der Waals surface area (Å²) in [5.41, 5.74) is 1.06. The number of benzene rings is 1. The van der Waals surface area contributed by atoms with E-state index in [4.69, 9.17) is 11.6 Å². The molecule has 1 N–H and O–H groups in total. The quantitative estimate of drug-likeness (QED) is 0.831. The second kappa shape index (κ2) is 5.00. The molecule has 1 aliphatic rings. The molecule has 0 radical (unpaired) electrons. The molecule has 1 aromatic carbocycles. The van der Waals surface area contributed by atoms with Gasteiger partial charge >= 0.3 is 0 Å². The predicted octanol–water partition coefficient (Wildman–Crippen LogP) is 3.43. The maximum absolute atomic E-state index is 9.90. The molecule has 2 heteroatoms. The van der Waals surface area contributed by atoms with Crippen LogP contribution in [0, 0.1) is 5.92 Å². The number of aliphatic hydroxyl groups is 1. The van der Waals surface area contributed by atoms with Gasteiger partial charge in [0, 0.05) is 5.02 Å². The Labute approximate surface area is 96.1 Å². The highest BCUT2D eigenvalue weighted by Gasteiger charge is 2.21. The molecular formula is C13H17ClO. The van der Waals surface area contributed by atoms with Crippen LogP contribution in [0.15, 0.2) is 24.3 Å². The molecule has 0 aliphatic heterocycles. The Morgan fingerprint density at radius 1 is 1.33 bits per heavy atom. The van der Waals surface area contributed by atoms with Crippen molar-refractivity contribution in [2.45, 2.75) is 38.2 Å². The summed E-state index contributed by atoms with van der Waals surface area (Å²) in [6.45, 7) is 0. The third-order valence-corrected chi connectivity index (χ3v) is 3.61. The number of aliphatic hydroxyl groups excluding tert-OH is 1. The first kappa shape index (κ1) is 11.0. The van der Waals surface area contributed by atoms with E-state index in [2.05, 4.69) is 0 Å².